The second kappa shape index (κ2) is 6.97. The van der Waals surface area contributed by atoms with Crippen molar-refractivity contribution in [3.63, 3.8) is 0 Å². The van der Waals surface area contributed by atoms with Crippen molar-refractivity contribution in [2.24, 2.45) is 5.10 Å². The number of amides is 1. The summed E-state index contributed by atoms with van der Waals surface area (Å²) >= 11 is 1.56. The fourth-order valence-electron chi connectivity index (χ4n) is 1.99. The summed E-state index contributed by atoms with van der Waals surface area (Å²) in [6, 6.07) is 10.3. The molecule has 0 spiro atoms. The first-order valence-corrected chi connectivity index (χ1v) is 7.85. The Kier molecular flexibility index (Phi) is 4.57. The number of carbonyl (C=O) groups is 1. The van der Waals surface area contributed by atoms with Gasteiger partial charge in [0.2, 0.25) is 0 Å². The number of hydrogen-bond donors (Lipinski definition) is 3. The maximum absolute atomic E-state index is 12.0. The summed E-state index contributed by atoms with van der Waals surface area (Å²) in [4.78, 5) is 13.0. The minimum atomic E-state index is -0.420. The van der Waals surface area contributed by atoms with Gasteiger partial charge in [0.05, 0.1) is 23.9 Å². The zero-order valence-corrected chi connectivity index (χ0v) is 13.5. The van der Waals surface area contributed by atoms with Crippen LogP contribution in [0.1, 0.15) is 16.1 Å². The van der Waals surface area contributed by atoms with Gasteiger partial charge in [-0.3, -0.25) is 9.89 Å². The number of ether oxygens (including phenoxy) is 1. The molecule has 0 saturated carbocycles. The minimum absolute atomic E-state index is 0.0383. The molecule has 122 valence electrons. The molecule has 0 radical (unpaired) electrons. The van der Waals surface area contributed by atoms with Gasteiger partial charge >= 0.3 is 0 Å². The number of thiophene rings is 1. The van der Waals surface area contributed by atoms with Crippen LogP contribution in [-0.4, -0.2) is 34.5 Å². The third-order valence-electron chi connectivity index (χ3n) is 3.18. The lowest BCUT2D eigenvalue weighted by molar-refractivity contribution is 0.0950. The number of rotatable bonds is 5. The van der Waals surface area contributed by atoms with Crippen LogP contribution in [0.3, 0.4) is 0 Å². The van der Waals surface area contributed by atoms with Gasteiger partial charge in [0.15, 0.2) is 17.2 Å². The SMILES string of the molecule is COc1cc(C=NNC(=O)c2cc(-c3cccs3)[nH]n2)ccc1O. The van der Waals surface area contributed by atoms with Crippen LogP contribution in [-0.2, 0) is 0 Å². The molecule has 0 fully saturated rings. The van der Waals surface area contributed by atoms with E-state index in [0.29, 0.717) is 11.3 Å². The van der Waals surface area contributed by atoms with E-state index < -0.39 is 5.91 Å². The van der Waals surface area contributed by atoms with Gasteiger partial charge in [-0.25, -0.2) is 5.43 Å². The molecule has 24 heavy (non-hydrogen) atoms. The highest BCUT2D eigenvalue weighted by molar-refractivity contribution is 7.13. The predicted octanol–water partition coefficient (Wildman–Crippen LogP) is 2.62. The van der Waals surface area contributed by atoms with Gasteiger partial charge in [-0.05, 0) is 41.3 Å². The molecule has 3 rings (SSSR count). The molecule has 0 aliphatic rings. The summed E-state index contributed by atoms with van der Waals surface area (Å²) in [7, 11) is 1.46. The first kappa shape index (κ1) is 15.8. The number of carbonyl (C=O) groups excluding carboxylic acids is 1. The van der Waals surface area contributed by atoms with Crippen LogP contribution in [0.15, 0.2) is 46.9 Å². The van der Waals surface area contributed by atoms with E-state index in [9.17, 15) is 9.90 Å². The fourth-order valence-corrected chi connectivity index (χ4v) is 2.69. The zero-order chi connectivity index (χ0) is 16.9. The van der Waals surface area contributed by atoms with Crippen molar-refractivity contribution in [3.05, 3.63) is 53.0 Å². The van der Waals surface area contributed by atoms with Gasteiger partial charge in [-0.2, -0.15) is 10.2 Å². The Morgan fingerprint density at radius 3 is 3.04 bits per heavy atom. The smallest absolute Gasteiger partial charge is 0.291 e. The average Bonchev–Trinajstić information content (AvgIpc) is 3.27. The van der Waals surface area contributed by atoms with Crippen LogP contribution in [0, 0.1) is 0 Å². The Morgan fingerprint density at radius 1 is 1.42 bits per heavy atom. The molecule has 0 unspecified atom stereocenters. The molecule has 1 aromatic carbocycles. The van der Waals surface area contributed by atoms with E-state index in [1.54, 1.807) is 29.5 Å². The quantitative estimate of drug-likeness (QED) is 0.490. The molecule has 0 bridgehead atoms. The number of aromatic amines is 1. The molecule has 0 saturated heterocycles. The largest absolute Gasteiger partial charge is 0.504 e. The van der Waals surface area contributed by atoms with Crippen molar-refractivity contribution in [1.82, 2.24) is 15.6 Å². The van der Waals surface area contributed by atoms with Crippen LogP contribution >= 0.6 is 11.3 Å². The summed E-state index contributed by atoms with van der Waals surface area (Å²) in [6.07, 6.45) is 1.45. The number of phenols is 1. The molecule has 2 aromatic heterocycles. The summed E-state index contributed by atoms with van der Waals surface area (Å²) in [6.45, 7) is 0. The van der Waals surface area contributed by atoms with Crippen LogP contribution < -0.4 is 10.2 Å². The van der Waals surface area contributed by atoms with E-state index >= 15 is 0 Å². The second-order valence-electron chi connectivity index (χ2n) is 4.77. The highest BCUT2D eigenvalue weighted by Gasteiger charge is 2.11. The molecule has 7 nitrogen and oxygen atoms in total. The fraction of sp³-hybridized carbons (Fsp3) is 0.0625. The van der Waals surface area contributed by atoms with Crippen molar-refractivity contribution in [1.29, 1.82) is 0 Å². The minimum Gasteiger partial charge on any atom is -0.504 e. The number of methoxy groups -OCH3 is 1. The van der Waals surface area contributed by atoms with E-state index in [4.69, 9.17) is 4.74 Å². The summed E-state index contributed by atoms with van der Waals surface area (Å²) in [5.41, 5.74) is 4.11. The monoisotopic (exact) mass is 342 g/mol. The van der Waals surface area contributed by atoms with Crippen LogP contribution in [0.4, 0.5) is 0 Å². The molecule has 0 aliphatic carbocycles. The van der Waals surface area contributed by atoms with Crippen molar-refractivity contribution in [3.8, 4) is 22.1 Å². The van der Waals surface area contributed by atoms with Crippen molar-refractivity contribution in [2.45, 2.75) is 0 Å². The normalized spacial score (nSPS) is 10.9. The third-order valence-corrected chi connectivity index (χ3v) is 4.08. The van der Waals surface area contributed by atoms with E-state index in [1.165, 1.54) is 19.4 Å². The van der Waals surface area contributed by atoms with E-state index in [0.717, 1.165) is 10.6 Å². The first-order valence-electron chi connectivity index (χ1n) is 6.97. The molecule has 8 heteroatoms. The predicted molar refractivity (Wildman–Crippen MR) is 91.6 cm³/mol. The lowest BCUT2D eigenvalue weighted by Gasteiger charge is -2.03. The third kappa shape index (κ3) is 3.44. The summed E-state index contributed by atoms with van der Waals surface area (Å²) < 4.78 is 5.01. The topological polar surface area (TPSA) is 99.6 Å². The molecular formula is C16H14N4O3S. The lowest BCUT2D eigenvalue weighted by atomic mass is 10.2. The van der Waals surface area contributed by atoms with Crippen molar-refractivity contribution < 1.29 is 14.6 Å². The zero-order valence-electron chi connectivity index (χ0n) is 12.7. The lowest BCUT2D eigenvalue weighted by Crippen LogP contribution is -2.18. The van der Waals surface area contributed by atoms with E-state index in [1.807, 2.05) is 17.5 Å². The Morgan fingerprint density at radius 2 is 2.29 bits per heavy atom. The number of nitrogens with zero attached hydrogens (tertiary/aromatic N) is 2. The van der Waals surface area contributed by atoms with Gasteiger partial charge in [0.1, 0.15) is 0 Å². The van der Waals surface area contributed by atoms with Crippen LogP contribution in [0.5, 0.6) is 11.5 Å². The van der Waals surface area contributed by atoms with Gasteiger partial charge in [0, 0.05) is 0 Å². The summed E-state index contributed by atoms with van der Waals surface area (Å²) in [5, 5.41) is 22.2. The van der Waals surface area contributed by atoms with Gasteiger partial charge in [0.25, 0.3) is 5.91 Å². The maximum atomic E-state index is 12.0. The number of hydrogen-bond acceptors (Lipinski definition) is 6. The van der Waals surface area contributed by atoms with Gasteiger partial charge < -0.3 is 9.84 Å². The van der Waals surface area contributed by atoms with E-state index in [-0.39, 0.29) is 11.4 Å². The molecule has 3 N–H and O–H groups in total. The van der Waals surface area contributed by atoms with Gasteiger partial charge in [-0.15, -0.1) is 11.3 Å². The number of aromatic hydroxyl groups is 1. The molecular weight excluding hydrogens is 328 g/mol. The molecule has 2 heterocycles. The second-order valence-corrected chi connectivity index (χ2v) is 5.72. The Bertz CT molecular complexity index is 871. The van der Waals surface area contributed by atoms with Crippen LogP contribution in [0.2, 0.25) is 0 Å². The Labute approximate surface area is 141 Å². The number of nitrogens with one attached hydrogen (secondary N) is 2. The molecule has 0 aliphatic heterocycles. The average molecular weight is 342 g/mol. The standard InChI is InChI=1S/C16H14N4O3S/c1-23-14-7-10(4-5-13(14)21)9-17-20-16(22)12-8-11(18-19-12)15-3-2-6-24-15/h2-9,21H,1H3,(H,18,19)(H,20,22). The summed E-state index contributed by atoms with van der Waals surface area (Å²) in [5.74, 6) is -0.0504. The molecule has 1 amide bonds. The Balaban J connectivity index is 1.65. The van der Waals surface area contributed by atoms with Crippen molar-refractivity contribution >= 4 is 23.5 Å². The molecule has 3 aromatic rings. The maximum Gasteiger partial charge on any atom is 0.291 e. The van der Waals surface area contributed by atoms with E-state index in [2.05, 4.69) is 20.7 Å². The van der Waals surface area contributed by atoms with Crippen molar-refractivity contribution in [2.75, 3.05) is 7.11 Å². The highest BCUT2D eigenvalue weighted by atomic mass is 32.1. The molecule has 0 atom stereocenters. The number of hydrazone groups is 1. The number of H-pyrrole nitrogens is 1. The number of phenolic OH excluding ortho intramolecular Hbond substituents is 1. The number of benzene rings is 1. The van der Waals surface area contributed by atoms with Crippen LogP contribution in [0.25, 0.3) is 10.6 Å². The first-order chi connectivity index (χ1) is 11.7. The Hall–Kier alpha value is -3.13. The number of aromatic nitrogens is 2. The highest BCUT2D eigenvalue weighted by Crippen LogP contribution is 2.25. The van der Waals surface area contributed by atoms with Gasteiger partial charge in [-0.1, -0.05) is 6.07 Å².